The normalized spacial score (nSPS) is 41.2. The molecule has 122 valence electrons. The molecule has 4 nitrogen and oxygen atoms in total. The van der Waals surface area contributed by atoms with Crippen LogP contribution < -0.4 is 9.47 Å². The van der Waals surface area contributed by atoms with Crippen molar-refractivity contribution >= 4 is 0 Å². The highest BCUT2D eigenvalue weighted by atomic mass is 16.5. The van der Waals surface area contributed by atoms with Crippen molar-refractivity contribution < 1.29 is 19.1 Å². The molecule has 0 aromatic heterocycles. The number of aliphatic hydroxyl groups is 1. The fraction of sp³-hybridized carbons (Fsp3) is 0.579. The maximum absolute atomic E-state index is 10.6. The quantitative estimate of drug-likeness (QED) is 0.633. The number of hydrogen-bond acceptors (Lipinski definition) is 3. The van der Waals surface area contributed by atoms with E-state index in [1.54, 1.807) is 7.11 Å². The molecule has 1 spiro atoms. The first kappa shape index (κ1) is 13.9. The number of aliphatic hydroxyl groups excluding tert-OH is 1. The molecule has 1 fully saturated rings. The Morgan fingerprint density at radius 2 is 2.13 bits per heavy atom. The molecule has 1 saturated heterocycles. The predicted octanol–water partition coefficient (Wildman–Crippen LogP) is 1.65. The van der Waals surface area contributed by atoms with E-state index in [9.17, 15) is 5.11 Å². The Morgan fingerprint density at radius 3 is 2.91 bits per heavy atom. The van der Waals surface area contributed by atoms with Crippen LogP contribution in [0.15, 0.2) is 24.3 Å². The summed E-state index contributed by atoms with van der Waals surface area (Å²) in [4.78, 5) is 0. The third kappa shape index (κ3) is 1.45. The van der Waals surface area contributed by atoms with Crippen LogP contribution in [-0.4, -0.2) is 55.6 Å². The summed E-state index contributed by atoms with van der Waals surface area (Å²) in [6, 6.07) is 4.79. The summed E-state index contributed by atoms with van der Waals surface area (Å²) in [6.45, 7) is 1.12. The lowest BCUT2D eigenvalue weighted by Crippen LogP contribution is -2.70. The average molecular weight is 314 g/mol. The van der Waals surface area contributed by atoms with E-state index in [4.69, 9.17) is 9.47 Å². The minimum Gasteiger partial charge on any atom is -0.493 e. The van der Waals surface area contributed by atoms with Gasteiger partial charge in [-0.3, -0.25) is 0 Å². The number of likely N-dealkylation sites (tertiary alicyclic amines) is 1. The molecule has 4 heteroatoms. The van der Waals surface area contributed by atoms with Crippen LogP contribution in [0.5, 0.6) is 11.5 Å². The van der Waals surface area contributed by atoms with E-state index in [0.29, 0.717) is 12.0 Å². The Bertz CT molecular complexity index is 726. The van der Waals surface area contributed by atoms with Gasteiger partial charge in [-0.1, -0.05) is 18.2 Å². The highest BCUT2D eigenvalue weighted by molar-refractivity contribution is 5.61. The van der Waals surface area contributed by atoms with Crippen molar-refractivity contribution in [3.8, 4) is 11.5 Å². The predicted molar refractivity (Wildman–Crippen MR) is 86.8 cm³/mol. The summed E-state index contributed by atoms with van der Waals surface area (Å²) in [5.41, 5.74) is 2.63. The second-order valence-corrected chi connectivity index (χ2v) is 8.13. The van der Waals surface area contributed by atoms with Crippen molar-refractivity contribution in [2.24, 2.45) is 5.92 Å². The first-order valence-electron chi connectivity index (χ1n) is 8.55. The Balaban J connectivity index is 1.82. The molecule has 2 aliphatic heterocycles. The summed E-state index contributed by atoms with van der Waals surface area (Å²) in [5, 5.41) is 10.6. The largest absolute Gasteiger partial charge is 0.493 e. The van der Waals surface area contributed by atoms with Gasteiger partial charge in [0.2, 0.25) is 0 Å². The van der Waals surface area contributed by atoms with Crippen LogP contribution in [0, 0.1) is 5.92 Å². The smallest absolute Gasteiger partial charge is 0.165 e. The first-order valence-corrected chi connectivity index (χ1v) is 8.55. The zero-order chi connectivity index (χ0) is 16.0. The van der Waals surface area contributed by atoms with E-state index in [2.05, 4.69) is 26.2 Å². The molecule has 0 radical (unpaired) electrons. The Labute approximate surface area is 136 Å². The van der Waals surface area contributed by atoms with Crippen LogP contribution in [0.25, 0.3) is 0 Å². The number of methoxy groups -OCH3 is 1. The summed E-state index contributed by atoms with van der Waals surface area (Å²) in [5.74, 6) is 2.12. The van der Waals surface area contributed by atoms with Gasteiger partial charge in [0.05, 0.1) is 33.2 Å². The molecule has 1 aromatic carbocycles. The topological polar surface area (TPSA) is 38.7 Å². The van der Waals surface area contributed by atoms with E-state index < -0.39 is 6.10 Å². The second-order valence-electron chi connectivity index (χ2n) is 8.13. The number of rotatable bonds is 1. The standard InChI is InChI=1S/C19H24NO3/c1-20(2)9-8-19-12-5-6-14(21)18(19)23-17-15(22-3)7-4-11(16(17)19)10-13(12)20/h4-7,12-14,18,21H,8-10H2,1-3H3/q+1/t12-,13-,14-,18+,19-/m0/s1. The zero-order valence-electron chi connectivity index (χ0n) is 14.0. The monoisotopic (exact) mass is 314 g/mol. The lowest BCUT2D eigenvalue weighted by molar-refractivity contribution is -0.926. The molecule has 5 rings (SSSR count). The van der Waals surface area contributed by atoms with E-state index >= 15 is 0 Å². The van der Waals surface area contributed by atoms with E-state index in [1.165, 1.54) is 11.1 Å². The second kappa shape index (κ2) is 4.11. The highest BCUT2D eigenvalue weighted by Crippen LogP contribution is 2.63. The molecule has 5 atom stereocenters. The molecule has 2 heterocycles. The Kier molecular flexibility index (Phi) is 2.48. The van der Waals surface area contributed by atoms with Gasteiger partial charge in [-0.2, -0.15) is 0 Å². The third-order valence-electron chi connectivity index (χ3n) is 6.91. The summed E-state index contributed by atoms with van der Waals surface area (Å²) >= 11 is 0. The van der Waals surface area contributed by atoms with Crippen molar-refractivity contribution in [2.45, 2.75) is 36.5 Å². The maximum atomic E-state index is 10.6. The fourth-order valence-electron chi connectivity index (χ4n) is 5.75. The minimum absolute atomic E-state index is 0.0793. The van der Waals surface area contributed by atoms with E-state index in [0.717, 1.165) is 35.4 Å². The number of piperidine rings is 1. The van der Waals surface area contributed by atoms with Gasteiger partial charge in [0, 0.05) is 24.3 Å². The molecule has 0 saturated carbocycles. The Morgan fingerprint density at radius 1 is 1.30 bits per heavy atom. The van der Waals surface area contributed by atoms with Crippen LogP contribution in [0.4, 0.5) is 0 Å². The summed E-state index contributed by atoms with van der Waals surface area (Å²) in [7, 11) is 6.38. The maximum Gasteiger partial charge on any atom is 0.165 e. The minimum atomic E-state index is -0.538. The summed E-state index contributed by atoms with van der Waals surface area (Å²) < 4.78 is 12.9. The molecule has 0 unspecified atom stereocenters. The van der Waals surface area contributed by atoms with Gasteiger partial charge in [-0.05, 0) is 11.6 Å². The number of likely N-dealkylation sites (N-methyl/N-ethyl adjacent to an activating group) is 1. The summed E-state index contributed by atoms with van der Waals surface area (Å²) in [6.07, 6.45) is 5.64. The van der Waals surface area contributed by atoms with Gasteiger partial charge in [-0.15, -0.1) is 0 Å². The highest BCUT2D eigenvalue weighted by Gasteiger charge is 2.67. The van der Waals surface area contributed by atoms with Crippen molar-refractivity contribution in [3.63, 3.8) is 0 Å². The van der Waals surface area contributed by atoms with Crippen molar-refractivity contribution in [1.29, 1.82) is 0 Å². The molecule has 0 amide bonds. The van der Waals surface area contributed by atoms with Crippen molar-refractivity contribution in [1.82, 2.24) is 0 Å². The van der Waals surface area contributed by atoms with Crippen LogP contribution in [0.2, 0.25) is 0 Å². The average Bonchev–Trinajstić information content (AvgIpc) is 2.88. The number of hydrogen-bond donors (Lipinski definition) is 1. The zero-order valence-corrected chi connectivity index (χ0v) is 14.0. The third-order valence-corrected chi connectivity index (χ3v) is 6.91. The SMILES string of the molecule is COc1ccc2c3c1O[C@@H]1[C@@H](O)C=C[C@H]4[C@H](C2)[N+](C)(C)CC[C@]314. The molecule has 2 aliphatic carbocycles. The van der Waals surface area contributed by atoms with Crippen molar-refractivity contribution in [2.75, 3.05) is 27.7 Å². The molecular formula is C19H24NO3+. The fourth-order valence-corrected chi connectivity index (χ4v) is 5.75. The molecule has 1 aromatic rings. The lowest BCUT2D eigenvalue weighted by atomic mass is 9.53. The van der Waals surface area contributed by atoms with E-state index in [1.807, 2.05) is 12.1 Å². The van der Waals surface area contributed by atoms with Gasteiger partial charge < -0.3 is 19.1 Å². The molecule has 4 aliphatic rings. The number of quaternary nitrogens is 1. The molecular weight excluding hydrogens is 290 g/mol. The number of nitrogens with zero attached hydrogens (tertiary/aromatic N) is 1. The van der Waals surface area contributed by atoms with Crippen LogP contribution in [0.3, 0.4) is 0 Å². The van der Waals surface area contributed by atoms with E-state index in [-0.39, 0.29) is 11.5 Å². The molecule has 23 heavy (non-hydrogen) atoms. The first-order chi connectivity index (χ1) is 11.0. The van der Waals surface area contributed by atoms with Crippen molar-refractivity contribution in [3.05, 3.63) is 35.4 Å². The molecule has 2 bridgehead atoms. The van der Waals surface area contributed by atoms with Gasteiger partial charge in [0.15, 0.2) is 11.5 Å². The van der Waals surface area contributed by atoms with Crippen LogP contribution >= 0.6 is 0 Å². The van der Waals surface area contributed by atoms with Crippen LogP contribution in [-0.2, 0) is 11.8 Å². The van der Waals surface area contributed by atoms with Gasteiger partial charge in [-0.25, -0.2) is 0 Å². The molecule has 1 N–H and O–H groups in total. The van der Waals surface area contributed by atoms with Gasteiger partial charge in [0.1, 0.15) is 18.2 Å². The number of ether oxygens (including phenoxy) is 2. The van der Waals surface area contributed by atoms with Gasteiger partial charge >= 0.3 is 0 Å². The van der Waals surface area contributed by atoms with Gasteiger partial charge in [0.25, 0.3) is 0 Å². The lowest BCUT2D eigenvalue weighted by Gasteiger charge is -2.58. The van der Waals surface area contributed by atoms with Crippen LogP contribution in [0.1, 0.15) is 17.5 Å². The Hall–Kier alpha value is -1.52. The number of benzene rings is 1.